The molecule has 0 spiro atoms. The fraction of sp³-hybridized carbons (Fsp3) is 0. The van der Waals surface area contributed by atoms with Crippen molar-refractivity contribution in [2.75, 3.05) is 0 Å². The van der Waals surface area contributed by atoms with E-state index in [1.165, 1.54) is 60.7 Å². The first-order valence-electron chi connectivity index (χ1n) is 11.7. The maximum absolute atomic E-state index is 12.5. The van der Waals surface area contributed by atoms with Crippen LogP contribution in [-0.4, -0.2) is 41.8 Å². The third kappa shape index (κ3) is 7.56. The lowest BCUT2D eigenvalue weighted by Crippen LogP contribution is -2.12. The molecule has 0 aliphatic carbocycles. The molecule has 222 valence electrons. The molecule has 4 rings (SSSR count). The predicted octanol–water partition coefficient (Wildman–Crippen LogP) is 5.34. The smallest absolute Gasteiger partial charge is 0.313 e. The minimum atomic E-state index is -4.79. The minimum absolute atomic E-state index is 0.00358. The number of azo groups is 2. The molecule has 43 heavy (non-hydrogen) atoms. The van der Waals surface area contributed by atoms with E-state index in [9.17, 15) is 41.8 Å². The highest BCUT2D eigenvalue weighted by Gasteiger charge is 2.20. The summed E-state index contributed by atoms with van der Waals surface area (Å²) in [5.74, 6) is 3.36. The zero-order chi connectivity index (χ0) is 31.4. The quantitative estimate of drug-likeness (QED) is 0.0454. The van der Waals surface area contributed by atoms with Crippen molar-refractivity contribution in [2.45, 2.75) is 9.79 Å². The molecule has 4 aromatic carbocycles. The molecule has 15 nitrogen and oxygen atoms in total. The van der Waals surface area contributed by atoms with Crippen molar-refractivity contribution in [3.8, 4) is 23.0 Å². The van der Waals surface area contributed by atoms with Crippen LogP contribution in [0.2, 0.25) is 0 Å². The Labute approximate surface area is 244 Å². The molecule has 0 saturated heterocycles. The van der Waals surface area contributed by atoms with Gasteiger partial charge in [-0.2, -0.15) is 47.5 Å². The molecule has 0 unspecified atom stereocenters. The molecule has 0 atom stereocenters. The second kappa shape index (κ2) is 12.3. The molecular formula is C26H21N5O10S2. The van der Waals surface area contributed by atoms with Gasteiger partial charge in [0, 0.05) is 12.1 Å². The molecule has 7 N–H and O–H groups in total. The van der Waals surface area contributed by atoms with Gasteiger partial charge in [0.2, 0.25) is 0 Å². The van der Waals surface area contributed by atoms with Gasteiger partial charge in [-0.3, -0.25) is 4.55 Å². The number of nitrogens with zero attached hydrogens (tertiary/aromatic N) is 4. The van der Waals surface area contributed by atoms with Crippen LogP contribution in [-0.2, 0) is 24.5 Å². The van der Waals surface area contributed by atoms with E-state index in [0.717, 1.165) is 24.3 Å². The van der Waals surface area contributed by atoms with Crippen molar-refractivity contribution in [3.05, 3.63) is 83.9 Å². The average molecular weight is 628 g/mol. The van der Waals surface area contributed by atoms with Gasteiger partial charge in [0.15, 0.2) is 23.0 Å². The van der Waals surface area contributed by atoms with E-state index in [1.54, 1.807) is 0 Å². The van der Waals surface area contributed by atoms with Crippen molar-refractivity contribution >= 4 is 55.1 Å². The van der Waals surface area contributed by atoms with Gasteiger partial charge >= 0.3 is 10.1 Å². The summed E-state index contributed by atoms with van der Waals surface area (Å²) in [4.78, 5) is -1.02. The molecule has 0 aliphatic heterocycles. The number of hydrogen-bond acceptors (Lipinski definition) is 14. The van der Waals surface area contributed by atoms with Crippen LogP contribution in [0.1, 0.15) is 11.1 Å². The molecule has 0 aromatic heterocycles. The lowest BCUT2D eigenvalue weighted by molar-refractivity contribution is 0.333. The average Bonchev–Trinajstić information content (AvgIpc) is 2.97. The highest BCUT2D eigenvalue weighted by Crippen LogP contribution is 2.33. The van der Waals surface area contributed by atoms with Gasteiger partial charge in [-0.15, -0.1) is 0 Å². The van der Waals surface area contributed by atoms with Crippen LogP contribution in [0.4, 0.5) is 22.7 Å². The summed E-state index contributed by atoms with van der Waals surface area (Å²) in [6, 6.07) is 14.8. The van der Waals surface area contributed by atoms with Crippen molar-refractivity contribution in [1.29, 1.82) is 0 Å². The number of nitrogens with two attached hydrogens (primary N) is 1. The third-order valence-electron chi connectivity index (χ3n) is 5.59. The van der Waals surface area contributed by atoms with Gasteiger partial charge in [0.25, 0.3) is 10.1 Å². The molecule has 4 aromatic rings. The molecule has 17 heteroatoms. The molecule has 0 fully saturated rings. The lowest BCUT2D eigenvalue weighted by atomic mass is 10.1. The Morgan fingerprint density at radius 2 is 0.930 bits per heavy atom. The van der Waals surface area contributed by atoms with E-state index in [2.05, 4.69) is 24.7 Å². The Morgan fingerprint density at radius 1 is 0.558 bits per heavy atom. The number of rotatable bonds is 9. The zero-order valence-electron chi connectivity index (χ0n) is 21.5. The molecule has 0 bridgehead atoms. The number of hydrogen-bond donors (Lipinski definition) is 6. The maximum Gasteiger partial charge on any atom is 0.313 e. The van der Waals surface area contributed by atoms with Crippen molar-refractivity contribution in [2.24, 2.45) is 26.4 Å². The van der Waals surface area contributed by atoms with Crippen molar-refractivity contribution in [1.82, 2.24) is 0 Å². The Balaban J connectivity index is 1.68. The largest absolute Gasteiger partial charge is 0.504 e. The molecule has 0 heterocycles. The number of aromatic hydroxyl groups is 4. The van der Waals surface area contributed by atoms with Gasteiger partial charge in [0.05, 0.1) is 22.7 Å². The van der Waals surface area contributed by atoms with Crippen molar-refractivity contribution in [3.63, 3.8) is 0 Å². The summed E-state index contributed by atoms with van der Waals surface area (Å²) in [6.45, 7) is 0. The minimum Gasteiger partial charge on any atom is -0.504 e. The van der Waals surface area contributed by atoms with Gasteiger partial charge < -0.3 is 20.4 Å². The van der Waals surface area contributed by atoms with Gasteiger partial charge in [0.1, 0.15) is 9.79 Å². The molecule has 0 aliphatic rings. The highest BCUT2D eigenvalue weighted by atomic mass is 32.2. The van der Waals surface area contributed by atoms with Crippen LogP contribution >= 0.6 is 0 Å². The van der Waals surface area contributed by atoms with Gasteiger partial charge in [-0.25, -0.2) is 0 Å². The van der Waals surface area contributed by atoms with Crippen LogP contribution in [0.5, 0.6) is 23.0 Å². The number of benzene rings is 4. The third-order valence-corrected chi connectivity index (χ3v) is 7.65. The number of phenols is 4. The fourth-order valence-corrected chi connectivity index (χ4v) is 4.99. The van der Waals surface area contributed by atoms with Crippen LogP contribution in [0, 0.1) is 0 Å². The molecular weight excluding hydrogens is 606 g/mol. The SMILES string of the molecule is NOS(=O)(=O)c1cc(N=Nc2ccc(O)c(O)c2)ccc1C=Cc1ccc(N=Nc2ccc(O)c(O)c2)cc1S(=O)(=O)O. The standard InChI is InChI=1S/C26H21N5O10S2/c27-41-43(39,40)26-14-20(31-29-18-8-10-22(33)24(35)12-18)6-4-16(26)2-1-15-3-5-19(13-25(15)42(36,37)38)30-28-17-7-9-21(32)23(34)11-17/h1-14,32-35H,27H2,(H,36,37,38). The van der Waals surface area contributed by atoms with Crippen LogP contribution in [0.15, 0.2) is 103 Å². The van der Waals surface area contributed by atoms with Gasteiger partial charge in [-0.1, -0.05) is 24.3 Å². The van der Waals surface area contributed by atoms with E-state index < -0.39 is 41.5 Å². The Kier molecular flexibility index (Phi) is 8.83. The monoisotopic (exact) mass is 627 g/mol. The molecule has 0 radical (unpaired) electrons. The Morgan fingerprint density at radius 3 is 1.33 bits per heavy atom. The summed E-state index contributed by atoms with van der Waals surface area (Å²) < 4.78 is 63.3. The summed E-state index contributed by atoms with van der Waals surface area (Å²) in [6.07, 6.45) is 2.45. The van der Waals surface area contributed by atoms with E-state index in [4.69, 9.17) is 5.90 Å². The molecule has 0 saturated carbocycles. The van der Waals surface area contributed by atoms with E-state index >= 15 is 0 Å². The Bertz CT molecular complexity index is 2010. The second-order valence-electron chi connectivity index (χ2n) is 8.55. The Hall–Kier alpha value is -5.20. The van der Waals surface area contributed by atoms with E-state index in [0.29, 0.717) is 0 Å². The zero-order valence-corrected chi connectivity index (χ0v) is 23.2. The topological polar surface area (TPSA) is 254 Å². The summed E-state index contributed by atoms with van der Waals surface area (Å²) in [7, 11) is -9.31. The fourth-order valence-electron chi connectivity index (χ4n) is 3.50. The van der Waals surface area contributed by atoms with Crippen LogP contribution in [0.25, 0.3) is 12.2 Å². The summed E-state index contributed by atoms with van der Waals surface area (Å²) >= 11 is 0. The lowest BCUT2D eigenvalue weighted by Gasteiger charge is -2.07. The van der Waals surface area contributed by atoms with Gasteiger partial charge in [-0.05, 0) is 59.7 Å². The number of phenolic OH excluding ortho intramolecular Hbond substituents is 4. The summed E-state index contributed by atoms with van der Waals surface area (Å²) in [5, 5.41) is 53.5. The first kappa shape index (κ1) is 30.8. The van der Waals surface area contributed by atoms with Crippen molar-refractivity contribution < 1.29 is 46.1 Å². The predicted molar refractivity (Wildman–Crippen MR) is 152 cm³/mol. The highest BCUT2D eigenvalue weighted by molar-refractivity contribution is 7.86. The molecule has 0 amide bonds. The second-order valence-corrected chi connectivity index (χ2v) is 11.5. The summed E-state index contributed by atoms with van der Waals surface area (Å²) in [5.41, 5.74) is 0.304. The first-order valence-corrected chi connectivity index (χ1v) is 14.6. The van der Waals surface area contributed by atoms with E-state index in [1.807, 2.05) is 0 Å². The van der Waals surface area contributed by atoms with E-state index in [-0.39, 0.29) is 45.4 Å². The first-order chi connectivity index (χ1) is 20.3. The van der Waals surface area contributed by atoms with Crippen LogP contribution < -0.4 is 5.90 Å². The van der Waals surface area contributed by atoms with Crippen LogP contribution in [0.3, 0.4) is 0 Å². The maximum atomic E-state index is 12.5. The normalized spacial score (nSPS) is 12.5.